The van der Waals surface area contributed by atoms with Crippen molar-refractivity contribution in [3.05, 3.63) is 57.6 Å². The highest BCUT2D eigenvalue weighted by molar-refractivity contribution is 5.80. The van der Waals surface area contributed by atoms with E-state index < -0.39 is 11.4 Å². The number of nitrogens with zero attached hydrogens (tertiary/aromatic N) is 3. The topological polar surface area (TPSA) is 66.2 Å². The van der Waals surface area contributed by atoms with Gasteiger partial charge in [0.2, 0.25) is 0 Å². The lowest BCUT2D eigenvalue weighted by Gasteiger charge is -2.15. The molecular weight excluding hydrogens is 325 g/mol. The first kappa shape index (κ1) is 16.9. The highest BCUT2D eigenvalue weighted by Gasteiger charge is 2.14. The summed E-state index contributed by atoms with van der Waals surface area (Å²) in [4.78, 5) is 20.3. The summed E-state index contributed by atoms with van der Waals surface area (Å²) < 4.78 is 26.2. The summed E-state index contributed by atoms with van der Waals surface area (Å²) >= 11 is 0. The van der Waals surface area contributed by atoms with E-state index in [9.17, 15) is 9.18 Å². The van der Waals surface area contributed by atoms with Crippen molar-refractivity contribution in [2.75, 3.05) is 14.2 Å². The van der Waals surface area contributed by atoms with E-state index in [2.05, 4.69) is 9.97 Å². The number of aryl methyl sites for hydroxylation is 1. The molecule has 0 unspecified atom stereocenters. The van der Waals surface area contributed by atoms with Crippen molar-refractivity contribution in [1.82, 2.24) is 14.5 Å². The first-order valence-electron chi connectivity index (χ1n) is 7.68. The van der Waals surface area contributed by atoms with E-state index in [1.165, 1.54) is 25.6 Å². The number of methoxy groups -OCH3 is 2. The second-order valence-corrected chi connectivity index (χ2v) is 5.73. The fraction of sp³-hybridized carbons (Fsp3) is 0.278. The second kappa shape index (κ2) is 6.51. The van der Waals surface area contributed by atoms with E-state index in [0.29, 0.717) is 12.1 Å². The van der Waals surface area contributed by atoms with Crippen LogP contribution >= 0.6 is 0 Å². The number of halogens is 1. The summed E-state index contributed by atoms with van der Waals surface area (Å²) in [7, 11) is 2.96. The van der Waals surface area contributed by atoms with Crippen molar-refractivity contribution in [3.63, 3.8) is 0 Å². The Bertz CT molecular complexity index is 1010. The largest absolute Gasteiger partial charge is 0.496 e. The zero-order valence-electron chi connectivity index (χ0n) is 14.5. The maximum absolute atomic E-state index is 14.1. The Hall–Kier alpha value is -2.96. The van der Waals surface area contributed by atoms with Gasteiger partial charge in [-0.3, -0.25) is 9.78 Å². The van der Waals surface area contributed by atoms with Gasteiger partial charge in [0.25, 0.3) is 5.56 Å². The number of hydrogen-bond donors (Lipinski definition) is 0. The second-order valence-electron chi connectivity index (χ2n) is 5.73. The van der Waals surface area contributed by atoms with Gasteiger partial charge in [-0.2, -0.15) is 4.98 Å². The minimum Gasteiger partial charge on any atom is -0.496 e. The molecule has 2 heterocycles. The molecule has 1 aromatic carbocycles. The molecule has 0 radical (unpaired) electrons. The lowest BCUT2D eigenvalue weighted by atomic mass is 10.1. The summed E-state index contributed by atoms with van der Waals surface area (Å²) in [6.07, 6.45) is 3.12. The van der Waals surface area contributed by atoms with Crippen molar-refractivity contribution in [1.29, 1.82) is 0 Å². The molecule has 0 atom stereocenters. The predicted molar refractivity (Wildman–Crippen MR) is 91.9 cm³/mol. The number of hydrogen-bond acceptors (Lipinski definition) is 5. The normalized spacial score (nSPS) is 10.9. The van der Waals surface area contributed by atoms with E-state index in [4.69, 9.17) is 9.47 Å². The number of fused-ring (bicyclic) bond motifs is 1. The van der Waals surface area contributed by atoms with Gasteiger partial charge in [-0.05, 0) is 19.9 Å². The summed E-state index contributed by atoms with van der Waals surface area (Å²) in [5.41, 5.74) is 2.57. The van der Waals surface area contributed by atoms with Gasteiger partial charge in [0.15, 0.2) is 11.6 Å². The van der Waals surface area contributed by atoms with E-state index in [1.54, 1.807) is 17.9 Å². The van der Waals surface area contributed by atoms with Crippen LogP contribution in [0.25, 0.3) is 10.9 Å². The number of benzene rings is 1. The number of rotatable bonds is 4. The molecule has 25 heavy (non-hydrogen) atoms. The standard InChI is InChI=1S/C18H18FN3O3/c1-10-7-20-14(11(2)17(10)25-4)8-22-9-21-18(23)12-5-16(24-3)13(19)6-15(12)22/h5-7,9H,8H2,1-4H3. The Balaban J connectivity index is 2.16. The summed E-state index contributed by atoms with van der Waals surface area (Å²) in [6, 6.07) is 2.64. The maximum Gasteiger partial charge on any atom is 0.280 e. The van der Waals surface area contributed by atoms with Crippen molar-refractivity contribution >= 4 is 10.9 Å². The molecule has 2 aromatic heterocycles. The van der Waals surface area contributed by atoms with Crippen molar-refractivity contribution in [2.24, 2.45) is 0 Å². The Morgan fingerprint density at radius 3 is 2.60 bits per heavy atom. The fourth-order valence-electron chi connectivity index (χ4n) is 2.88. The van der Waals surface area contributed by atoms with E-state index >= 15 is 0 Å². The number of aromatic nitrogens is 3. The van der Waals surface area contributed by atoms with E-state index in [-0.39, 0.29) is 11.1 Å². The number of ether oxygens (including phenoxy) is 2. The van der Waals surface area contributed by atoms with Crippen molar-refractivity contribution in [2.45, 2.75) is 20.4 Å². The molecule has 0 fully saturated rings. The minimum absolute atomic E-state index is 0.00969. The van der Waals surface area contributed by atoms with Gasteiger partial charge in [-0.15, -0.1) is 0 Å². The fourth-order valence-corrected chi connectivity index (χ4v) is 2.88. The third kappa shape index (κ3) is 2.93. The van der Waals surface area contributed by atoms with Crippen LogP contribution in [0.4, 0.5) is 4.39 Å². The zero-order valence-corrected chi connectivity index (χ0v) is 14.5. The van der Waals surface area contributed by atoms with Crippen LogP contribution in [0.15, 0.2) is 29.5 Å². The van der Waals surface area contributed by atoms with Gasteiger partial charge in [0.05, 0.1) is 43.7 Å². The highest BCUT2D eigenvalue weighted by Crippen LogP contribution is 2.26. The summed E-state index contributed by atoms with van der Waals surface area (Å²) in [6.45, 7) is 4.16. The van der Waals surface area contributed by atoms with E-state index in [1.807, 2.05) is 13.8 Å². The Morgan fingerprint density at radius 2 is 1.92 bits per heavy atom. The monoisotopic (exact) mass is 343 g/mol. The highest BCUT2D eigenvalue weighted by atomic mass is 19.1. The molecule has 0 bridgehead atoms. The molecule has 0 amide bonds. The van der Waals surface area contributed by atoms with Gasteiger partial charge >= 0.3 is 0 Å². The lowest BCUT2D eigenvalue weighted by Crippen LogP contribution is -2.15. The SMILES string of the molecule is COc1cc2c(=O)ncn(Cc3ncc(C)c(OC)c3C)c2cc1F. The third-order valence-corrected chi connectivity index (χ3v) is 4.19. The number of pyridine rings is 1. The van der Waals surface area contributed by atoms with Gasteiger partial charge in [0.1, 0.15) is 5.75 Å². The van der Waals surface area contributed by atoms with Crippen LogP contribution in [-0.2, 0) is 6.54 Å². The Morgan fingerprint density at radius 1 is 1.16 bits per heavy atom. The van der Waals surface area contributed by atoms with Crippen LogP contribution in [0, 0.1) is 19.7 Å². The average molecular weight is 343 g/mol. The Kier molecular flexibility index (Phi) is 4.39. The van der Waals surface area contributed by atoms with Crippen LogP contribution in [0.1, 0.15) is 16.8 Å². The zero-order chi connectivity index (χ0) is 18.1. The molecule has 0 N–H and O–H groups in total. The van der Waals surface area contributed by atoms with Gasteiger partial charge in [-0.1, -0.05) is 0 Å². The third-order valence-electron chi connectivity index (χ3n) is 4.19. The molecular formula is C18H18FN3O3. The van der Waals surface area contributed by atoms with Crippen LogP contribution in [0.5, 0.6) is 11.5 Å². The summed E-state index contributed by atoms with van der Waals surface area (Å²) in [5.74, 6) is 0.229. The van der Waals surface area contributed by atoms with Gasteiger partial charge < -0.3 is 14.0 Å². The molecule has 130 valence electrons. The molecule has 6 nitrogen and oxygen atoms in total. The molecule has 0 saturated heterocycles. The quantitative estimate of drug-likeness (QED) is 0.728. The molecule has 0 aliphatic heterocycles. The molecule has 0 saturated carbocycles. The molecule has 0 spiro atoms. The smallest absolute Gasteiger partial charge is 0.280 e. The summed E-state index contributed by atoms with van der Waals surface area (Å²) in [5, 5.41) is 0.289. The lowest BCUT2D eigenvalue weighted by molar-refractivity contribution is 0.387. The van der Waals surface area contributed by atoms with Crippen LogP contribution in [0.3, 0.4) is 0 Å². The first-order chi connectivity index (χ1) is 12.0. The van der Waals surface area contributed by atoms with Crippen LogP contribution in [-0.4, -0.2) is 28.8 Å². The molecule has 0 aliphatic rings. The Labute approximate surface area is 143 Å². The predicted octanol–water partition coefficient (Wildman–Crippen LogP) is 2.61. The van der Waals surface area contributed by atoms with Crippen LogP contribution < -0.4 is 15.0 Å². The van der Waals surface area contributed by atoms with Crippen molar-refractivity contribution in [3.8, 4) is 11.5 Å². The molecule has 0 aliphatic carbocycles. The van der Waals surface area contributed by atoms with E-state index in [0.717, 1.165) is 22.6 Å². The molecule has 3 aromatic rings. The average Bonchev–Trinajstić information content (AvgIpc) is 2.59. The van der Waals surface area contributed by atoms with Crippen LogP contribution in [0.2, 0.25) is 0 Å². The molecule has 3 rings (SSSR count). The van der Waals surface area contributed by atoms with Gasteiger partial charge in [0, 0.05) is 23.4 Å². The first-order valence-corrected chi connectivity index (χ1v) is 7.68. The van der Waals surface area contributed by atoms with Gasteiger partial charge in [-0.25, -0.2) is 4.39 Å². The molecule has 7 heteroatoms. The maximum atomic E-state index is 14.1. The van der Waals surface area contributed by atoms with Crippen molar-refractivity contribution < 1.29 is 13.9 Å². The minimum atomic E-state index is -0.541.